The van der Waals surface area contributed by atoms with Crippen molar-refractivity contribution in [3.63, 3.8) is 0 Å². The Balaban J connectivity index is 2.28. The van der Waals surface area contributed by atoms with Gasteiger partial charge >= 0.3 is 5.97 Å². The van der Waals surface area contributed by atoms with Crippen LogP contribution in [0.3, 0.4) is 0 Å². The van der Waals surface area contributed by atoms with Crippen molar-refractivity contribution in [2.24, 2.45) is 0 Å². The van der Waals surface area contributed by atoms with Crippen LogP contribution in [0, 0.1) is 0 Å². The summed E-state index contributed by atoms with van der Waals surface area (Å²) >= 11 is 0. The molecular formula is C11H13NO3. The second-order valence-corrected chi connectivity index (χ2v) is 3.45. The number of nitrogens with one attached hydrogen (secondary N) is 1. The molecule has 4 heteroatoms. The standard InChI is InChI=1S/C11H13NO3/c1-2-15-10-5-3-4-8-7(10)6-9(12-8)11(13)14/h3-5,9,12H,2,6H2,1H3,(H,13,14). The van der Waals surface area contributed by atoms with Crippen LogP contribution in [0.1, 0.15) is 12.5 Å². The maximum absolute atomic E-state index is 10.8. The van der Waals surface area contributed by atoms with E-state index in [1.165, 1.54) is 0 Å². The highest BCUT2D eigenvalue weighted by Crippen LogP contribution is 2.33. The lowest BCUT2D eigenvalue weighted by atomic mass is 10.1. The predicted octanol–water partition coefficient (Wildman–Crippen LogP) is 1.51. The molecule has 1 atom stereocenters. The van der Waals surface area contributed by atoms with Crippen LogP contribution in [0.25, 0.3) is 0 Å². The first-order valence-electron chi connectivity index (χ1n) is 4.96. The summed E-state index contributed by atoms with van der Waals surface area (Å²) in [5, 5.41) is 11.9. The minimum atomic E-state index is -0.825. The molecule has 0 saturated carbocycles. The molecule has 0 radical (unpaired) electrons. The molecule has 1 aromatic rings. The van der Waals surface area contributed by atoms with Crippen LogP contribution >= 0.6 is 0 Å². The molecule has 0 aliphatic carbocycles. The van der Waals surface area contributed by atoms with E-state index < -0.39 is 12.0 Å². The lowest BCUT2D eigenvalue weighted by molar-refractivity contribution is -0.137. The summed E-state index contributed by atoms with van der Waals surface area (Å²) in [4.78, 5) is 10.8. The van der Waals surface area contributed by atoms with E-state index in [-0.39, 0.29) is 0 Å². The molecule has 0 bridgehead atoms. The Morgan fingerprint density at radius 2 is 2.47 bits per heavy atom. The number of fused-ring (bicyclic) bond motifs is 1. The second kappa shape index (κ2) is 3.81. The molecule has 1 heterocycles. The van der Waals surface area contributed by atoms with Gasteiger partial charge in [-0.2, -0.15) is 0 Å². The molecule has 0 aromatic heterocycles. The number of benzene rings is 1. The number of carboxylic acids is 1. The number of aliphatic carboxylic acids is 1. The second-order valence-electron chi connectivity index (χ2n) is 3.45. The van der Waals surface area contributed by atoms with E-state index in [1.54, 1.807) is 0 Å². The third-order valence-electron chi connectivity index (χ3n) is 2.47. The van der Waals surface area contributed by atoms with E-state index in [4.69, 9.17) is 9.84 Å². The third-order valence-corrected chi connectivity index (χ3v) is 2.47. The largest absolute Gasteiger partial charge is 0.494 e. The van der Waals surface area contributed by atoms with Gasteiger partial charge in [-0.25, -0.2) is 4.79 Å². The van der Waals surface area contributed by atoms with E-state index >= 15 is 0 Å². The molecular weight excluding hydrogens is 194 g/mol. The molecule has 1 aliphatic heterocycles. The smallest absolute Gasteiger partial charge is 0.326 e. The Morgan fingerprint density at radius 1 is 1.67 bits per heavy atom. The molecule has 0 saturated heterocycles. The van der Waals surface area contributed by atoms with Crippen molar-refractivity contribution in [3.8, 4) is 5.75 Å². The van der Waals surface area contributed by atoms with E-state index in [1.807, 2.05) is 25.1 Å². The molecule has 0 fully saturated rings. The minimum Gasteiger partial charge on any atom is -0.494 e. The van der Waals surface area contributed by atoms with Crippen LogP contribution in [-0.2, 0) is 11.2 Å². The highest BCUT2D eigenvalue weighted by molar-refractivity contribution is 5.82. The molecule has 2 rings (SSSR count). The highest BCUT2D eigenvalue weighted by Gasteiger charge is 2.28. The van der Waals surface area contributed by atoms with Gasteiger partial charge in [0.1, 0.15) is 11.8 Å². The van der Waals surface area contributed by atoms with Gasteiger partial charge in [-0.15, -0.1) is 0 Å². The van der Waals surface area contributed by atoms with Crippen molar-refractivity contribution in [1.29, 1.82) is 0 Å². The zero-order valence-corrected chi connectivity index (χ0v) is 8.49. The average Bonchev–Trinajstić information content (AvgIpc) is 2.63. The van der Waals surface area contributed by atoms with Crippen molar-refractivity contribution in [2.45, 2.75) is 19.4 Å². The number of carboxylic acid groups (broad SMARTS) is 1. The predicted molar refractivity (Wildman–Crippen MR) is 56.4 cm³/mol. The fourth-order valence-corrected chi connectivity index (χ4v) is 1.79. The van der Waals surface area contributed by atoms with Crippen molar-refractivity contribution in [1.82, 2.24) is 0 Å². The van der Waals surface area contributed by atoms with Gasteiger partial charge in [-0.1, -0.05) is 6.07 Å². The van der Waals surface area contributed by atoms with Crippen LogP contribution in [0.2, 0.25) is 0 Å². The van der Waals surface area contributed by atoms with Crippen LogP contribution in [0.5, 0.6) is 5.75 Å². The maximum atomic E-state index is 10.8. The number of ether oxygens (including phenoxy) is 1. The fraction of sp³-hybridized carbons (Fsp3) is 0.364. The summed E-state index contributed by atoms with van der Waals surface area (Å²) in [5.41, 5.74) is 1.83. The lowest BCUT2D eigenvalue weighted by Crippen LogP contribution is -2.26. The Hall–Kier alpha value is -1.71. The molecule has 0 amide bonds. The Morgan fingerprint density at radius 3 is 3.13 bits per heavy atom. The normalized spacial score (nSPS) is 18.1. The zero-order valence-electron chi connectivity index (χ0n) is 8.49. The highest BCUT2D eigenvalue weighted by atomic mass is 16.5. The number of rotatable bonds is 3. The summed E-state index contributed by atoms with van der Waals surface area (Å²) in [6, 6.07) is 5.08. The number of hydrogen-bond acceptors (Lipinski definition) is 3. The number of anilines is 1. The van der Waals surface area contributed by atoms with Gasteiger partial charge in [-0.3, -0.25) is 0 Å². The summed E-state index contributed by atoms with van der Waals surface area (Å²) in [7, 11) is 0. The van der Waals surface area contributed by atoms with Gasteiger partial charge in [0.05, 0.1) is 6.61 Å². The molecule has 1 unspecified atom stereocenters. The van der Waals surface area contributed by atoms with Gasteiger partial charge in [0.25, 0.3) is 0 Å². The van der Waals surface area contributed by atoms with Crippen molar-refractivity contribution < 1.29 is 14.6 Å². The molecule has 4 nitrogen and oxygen atoms in total. The first-order chi connectivity index (χ1) is 7.22. The third kappa shape index (κ3) is 1.75. The molecule has 1 aromatic carbocycles. The van der Waals surface area contributed by atoms with E-state index in [0.717, 1.165) is 17.0 Å². The SMILES string of the molecule is CCOc1cccc2c1CC(C(=O)O)N2. The molecule has 80 valence electrons. The van der Waals surface area contributed by atoms with E-state index in [2.05, 4.69) is 5.32 Å². The Labute approximate surface area is 87.9 Å². The van der Waals surface area contributed by atoms with Gasteiger partial charge in [0.2, 0.25) is 0 Å². The summed E-state index contributed by atoms with van der Waals surface area (Å²) in [5.74, 6) is -0.0418. The van der Waals surface area contributed by atoms with E-state index in [9.17, 15) is 4.79 Å². The van der Waals surface area contributed by atoms with Crippen LogP contribution in [0.4, 0.5) is 5.69 Å². The van der Waals surface area contributed by atoms with Gasteiger partial charge in [0.15, 0.2) is 0 Å². The van der Waals surface area contributed by atoms with Crippen molar-refractivity contribution in [2.75, 3.05) is 11.9 Å². The number of hydrogen-bond donors (Lipinski definition) is 2. The molecule has 1 aliphatic rings. The summed E-state index contributed by atoms with van der Waals surface area (Å²) < 4.78 is 5.44. The van der Waals surface area contributed by atoms with Gasteiger partial charge < -0.3 is 15.2 Å². The Kier molecular flexibility index (Phi) is 2.49. The first kappa shape index (κ1) is 9.83. The average molecular weight is 207 g/mol. The molecule has 2 N–H and O–H groups in total. The van der Waals surface area contributed by atoms with Crippen molar-refractivity contribution in [3.05, 3.63) is 23.8 Å². The lowest BCUT2D eigenvalue weighted by Gasteiger charge is -2.07. The van der Waals surface area contributed by atoms with Gasteiger partial charge in [-0.05, 0) is 19.1 Å². The monoisotopic (exact) mass is 207 g/mol. The molecule has 0 spiro atoms. The van der Waals surface area contributed by atoms with Crippen LogP contribution in [0.15, 0.2) is 18.2 Å². The summed E-state index contributed by atoms with van der Waals surface area (Å²) in [6.45, 7) is 2.50. The summed E-state index contributed by atoms with van der Waals surface area (Å²) in [6.07, 6.45) is 0.487. The van der Waals surface area contributed by atoms with Crippen molar-refractivity contribution >= 4 is 11.7 Å². The van der Waals surface area contributed by atoms with Crippen LogP contribution < -0.4 is 10.1 Å². The maximum Gasteiger partial charge on any atom is 0.326 e. The minimum absolute atomic E-state index is 0.487. The first-order valence-corrected chi connectivity index (χ1v) is 4.96. The van der Waals surface area contributed by atoms with Gasteiger partial charge in [0, 0.05) is 17.7 Å². The number of carbonyl (C=O) groups is 1. The Bertz CT molecular complexity index is 389. The quantitative estimate of drug-likeness (QED) is 0.788. The van der Waals surface area contributed by atoms with Crippen LogP contribution in [-0.4, -0.2) is 23.7 Å². The topological polar surface area (TPSA) is 58.6 Å². The zero-order chi connectivity index (χ0) is 10.8. The fourth-order valence-electron chi connectivity index (χ4n) is 1.79. The molecule has 15 heavy (non-hydrogen) atoms. The van der Waals surface area contributed by atoms with E-state index in [0.29, 0.717) is 13.0 Å².